The van der Waals surface area contributed by atoms with Gasteiger partial charge in [0, 0.05) is 16.8 Å². The van der Waals surface area contributed by atoms with Gasteiger partial charge in [-0.1, -0.05) is 6.07 Å². The molecule has 0 aliphatic carbocycles. The number of benzene rings is 2. The fraction of sp³-hybridized carbons (Fsp3) is 0.133. The number of carbonyl (C=O) groups excluding carboxylic acids is 1. The van der Waals surface area contributed by atoms with Crippen LogP contribution in [0.3, 0.4) is 0 Å². The first-order chi connectivity index (χ1) is 9.20. The molecule has 0 atom stereocenters. The molecule has 3 rings (SSSR count). The Morgan fingerprint density at radius 1 is 1.16 bits per heavy atom. The highest BCUT2D eigenvalue weighted by Crippen LogP contribution is 2.33. The van der Waals surface area contributed by atoms with Gasteiger partial charge >= 0.3 is 0 Å². The number of fused-ring (bicyclic) bond motifs is 1. The average molecular weight is 255 g/mol. The molecule has 96 valence electrons. The number of anilines is 1. The van der Waals surface area contributed by atoms with Crippen LogP contribution in [0.5, 0.6) is 11.5 Å². The normalized spacial score (nSPS) is 13.5. The molecule has 0 fully saturated rings. The second kappa shape index (κ2) is 4.31. The van der Waals surface area contributed by atoms with E-state index in [2.05, 4.69) is 0 Å². The lowest BCUT2D eigenvalue weighted by atomic mass is 10.1. The molecule has 4 heteroatoms. The maximum Gasteiger partial charge on any atom is 0.259 e. The lowest BCUT2D eigenvalue weighted by molar-refractivity contribution is 0.0996. The fourth-order valence-electron chi connectivity index (χ4n) is 2.29. The summed E-state index contributed by atoms with van der Waals surface area (Å²) < 4.78 is 5.10. The van der Waals surface area contributed by atoms with E-state index in [0.29, 0.717) is 17.7 Å². The molecule has 1 aliphatic rings. The Bertz CT molecular complexity index is 634. The predicted molar refractivity (Wildman–Crippen MR) is 71.6 cm³/mol. The van der Waals surface area contributed by atoms with Crippen molar-refractivity contribution >= 4 is 11.6 Å². The largest absolute Gasteiger partial charge is 0.508 e. The van der Waals surface area contributed by atoms with Crippen molar-refractivity contribution in [2.75, 3.05) is 12.0 Å². The Hall–Kier alpha value is -2.49. The summed E-state index contributed by atoms with van der Waals surface area (Å²) in [5.41, 5.74) is 2.04. The van der Waals surface area contributed by atoms with E-state index in [1.54, 1.807) is 30.2 Å². The van der Waals surface area contributed by atoms with E-state index in [1.807, 2.05) is 24.3 Å². The maximum atomic E-state index is 12.3. The van der Waals surface area contributed by atoms with E-state index in [0.717, 1.165) is 11.4 Å². The Morgan fingerprint density at radius 3 is 2.53 bits per heavy atom. The molecule has 0 unspecified atom stereocenters. The Kier molecular flexibility index (Phi) is 2.63. The lowest BCUT2D eigenvalue weighted by Gasteiger charge is -2.16. The van der Waals surface area contributed by atoms with Crippen LogP contribution in [0.15, 0.2) is 42.5 Å². The predicted octanol–water partition coefficient (Wildman–Crippen LogP) is 2.56. The zero-order valence-electron chi connectivity index (χ0n) is 10.5. The second-order valence-corrected chi connectivity index (χ2v) is 4.39. The van der Waals surface area contributed by atoms with E-state index in [9.17, 15) is 9.90 Å². The van der Waals surface area contributed by atoms with Gasteiger partial charge in [0.15, 0.2) is 0 Å². The van der Waals surface area contributed by atoms with Crippen molar-refractivity contribution in [2.45, 2.75) is 6.54 Å². The summed E-state index contributed by atoms with van der Waals surface area (Å²) in [6.07, 6.45) is 0. The molecule has 19 heavy (non-hydrogen) atoms. The topological polar surface area (TPSA) is 49.8 Å². The number of phenols is 1. The third kappa shape index (κ3) is 1.81. The highest BCUT2D eigenvalue weighted by molar-refractivity contribution is 6.10. The van der Waals surface area contributed by atoms with Gasteiger partial charge in [0.1, 0.15) is 11.5 Å². The van der Waals surface area contributed by atoms with Crippen LogP contribution in [0, 0.1) is 0 Å². The second-order valence-electron chi connectivity index (χ2n) is 4.39. The minimum atomic E-state index is -0.0870. The molecular formula is C15H13NO3. The molecule has 4 nitrogen and oxygen atoms in total. The van der Waals surface area contributed by atoms with Gasteiger partial charge in [-0.25, -0.2) is 0 Å². The van der Waals surface area contributed by atoms with Crippen LogP contribution in [0.4, 0.5) is 5.69 Å². The van der Waals surface area contributed by atoms with E-state index < -0.39 is 0 Å². The van der Waals surface area contributed by atoms with Crippen molar-refractivity contribution in [1.82, 2.24) is 0 Å². The highest BCUT2D eigenvalue weighted by Gasteiger charge is 2.30. The zero-order chi connectivity index (χ0) is 13.4. The molecule has 0 saturated carbocycles. The highest BCUT2D eigenvalue weighted by atomic mass is 16.5. The molecular weight excluding hydrogens is 242 g/mol. The van der Waals surface area contributed by atoms with Crippen LogP contribution in [-0.2, 0) is 6.54 Å². The van der Waals surface area contributed by atoms with Gasteiger partial charge in [-0.05, 0) is 36.4 Å². The lowest BCUT2D eigenvalue weighted by Crippen LogP contribution is -2.22. The van der Waals surface area contributed by atoms with Crippen LogP contribution in [-0.4, -0.2) is 18.1 Å². The first-order valence-corrected chi connectivity index (χ1v) is 5.97. The summed E-state index contributed by atoms with van der Waals surface area (Å²) in [7, 11) is 1.60. The molecule has 1 N–H and O–H groups in total. The molecule has 0 saturated heterocycles. The van der Waals surface area contributed by atoms with Gasteiger partial charge < -0.3 is 14.7 Å². The van der Waals surface area contributed by atoms with Crippen molar-refractivity contribution < 1.29 is 14.6 Å². The fourth-order valence-corrected chi connectivity index (χ4v) is 2.29. The van der Waals surface area contributed by atoms with Gasteiger partial charge in [0.05, 0.1) is 13.7 Å². The smallest absolute Gasteiger partial charge is 0.259 e. The van der Waals surface area contributed by atoms with Crippen molar-refractivity contribution in [3.05, 3.63) is 53.6 Å². The minimum absolute atomic E-state index is 0.0870. The number of hydrogen-bond acceptors (Lipinski definition) is 3. The average Bonchev–Trinajstić information content (AvgIpc) is 2.78. The Labute approximate surface area is 110 Å². The van der Waals surface area contributed by atoms with Gasteiger partial charge in [-0.15, -0.1) is 0 Å². The molecule has 1 aliphatic heterocycles. The summed E-state index contributed by atoms with van der Waals surface area (Å²) in [5.74, 6) is 0.827. The minimum Gasteiger partial charge on any atom is -0.508 e. The van der Waals surface area contributed by atoms with E-state index >= 15 is 0 Å². The molecule has 0 bridgehead atoms. The summed E-state index contributed by atoms with van der Waals surface area (Å²) in [6.45, 7) is 0.396. The first kappa shape index (κ1) is 11.6. The summed E-state index contributed by atoms with van der Waals surface area (Å²) in [5, 5.41) is 9.80. The summed E-state index contributed by atoms with van der Waals surface area (Å²) in [4.78, 5) is 13.9. The monoisotopic (exact) mass is 255 g/mol. The first-order valence-electron chi connectivity index (χ1n) is 5.97. The number of aromatic hydroxyl groups is 1. The molecule has 2 aromatic carbocycles. The number of ether oxygens (including phenoxy) is 1. The molecule has 2 aromatic rings. The van der Waals surface area contributed by atoms with Gasteiger partial charge in [-0.2, -0.15) is 0 Å². The van der Waals surface area contributed by atoms with E-state index in [1.165, 1.54) is 0 Å². The molecule has 0 aromatic heterocycles. The van der Waals surface area contributed by atoms with Crippen LogP contribution >= 0.6 is 0 Å². The van der Waals surface area contributed by atoms with E-state index in [4.69, 9.17) is 4.74 Å². The Morgan fingerprint density at radius 2 is 1.89 bits per heavy atom. The molecule has 1 heterocycles. The molecule has 0 spiro atoms. The van der Waals surface area contributed by atoms with Crippen LogP contribution in [0.1, 0.15) is 15.9 Å². The van der Waals surface area contributed by atoms with Gasteiger partial charge in [-0.3, -0.25) is 4.79 Å². The number of carbonyl (C=O) groups is 1. The summed E-state index contributed by atoms with van der Waals surface area (Å²) in [6, 6.07) is 12.3. The number of rotatable bonds is 2. The third-order valence-electron chi connectivity index (χ3n) is 3.33. The number of methoxy groups -OCH3 is 1. The number of phenolic OH excluding ortho intramolecular Hbond substituents is 1. The molecule has 0 radical (unpaired) electrons. The zero-order valence-corrected chi connectivity index (χ0v) is 10.5. The van der Waals surface area contributed by atoms with Gasteiger partial charge in [0.25, 0.3) is 5.91 Å². The van der Waals surface area contributed by atoms with Crippen molar-refractivity contribution in [2.24, 2.45) is 0 Å². The van der Waals surface area contributed by atoms with Crippen LogP contribution in [0.2, 0.25) is 0 Å². The van der Waals surface area contributed by atoms with Crippen molar-refractivity contribution in [1.29, 1.82) is 0 Å². The quantitative estimate of drug-likeness (QED) is 0.897. The van der Waals surface area contributed by atoms with E-state index in [-0.39, 0.29) is 11.7 Å². The third-order valence-corrected chi connectivity index (χ3v) is 3.33. The standard InChI is InChI=1S/C15H13NO3/c1-19-11-7-5-10(6-8-11)16-9-13-12(15(16)18)3-2-4-14(13)17/h2-8,17H,9H2,1H3. The number of hydrogen-bond donors (Lipinski definition) is 1. The molecule has 1 amide bonds. The van der Waals surface area contributed by atoms with Crippen LogP contribution in [0.25, 0.3) is 0 Å². The number of nitrogens with zero attached hydrogens (tertiary/aromatic N) is 1. The maximum absolute atomic E-state index is 12.3. The van der Waals surface area contributed by atoms with Gasteiger partial charge in [0.2, 0.25) is 0 Å². The van der Waals surface area contributed by atoms with Crippen molar-refractivity contribution in [3.63, 3.8) is 0 Å². The summed E-state index contributed by atoms with van der Waals surface area (Å²) >= 11 is 0. The Balaban J connectivity index is 1.96. The van der Waals surface area contributed by atoms with Crippen LogP contribution < -0.4 is 9.64 Å². The number of amides is 1. The van der Waals surface area contributed by atoms with Crippen molar-refractivity contribution in [3.8, 4) is 11.5 Å². The SMILES string of the molecule is COc1ccc(N2Cc3c(O)cccc3C2=O)cc1.